The van der Waals surface area contributed by atoms with Crippen LogP contribution in [0.3, 0.4) is 0 Å². The fourth-order valence-electron chi connectivity index (χ4n) is 3.72. The maximum absolute atomic E-state index is 12.6. The number of rotatable bonds is 16. The molecule has 0 heterocycles. The summed E-state index contributed by atoms with van der Waals surface area (Å²) in [4.78, 5) is 25.1. The molecule has 0 unspecified atom stereocenters. The van der Waals surface area contributed by atoms with Crippen LogP contribution in [0.2, 0.25) is 0 Å². The first-order chi connectivity index (χ1) is 16.2. The molecule has 4 heteroatoms. The monoisotopic (exact) mass is 449 g/mol. The molecule has 1 amide bonds. The Morgan fingerprint density at radius 2 is 1.33 bits per heavy atom. The predicted molar refractivity (Wildman–Crippen MR) is 136 cm³/mol. The van der Waals surface area contributed by atoms with E-state index in [2.05, 4.69) is 12.2 Å². The molecule has 178 valence electrons. The number of carbonyl (C=O) groups excluding carboxylic acids is 2. The van der Waals surface area contributed by atoms with Crippen molar-refractivity contribution in [1.29, 1.82) is 0 Å². The zero-order valence-electron chi connectivity index (χ0n) is 20.1. The number of carbonyl (C=O) groups is 2. The van der Waals surface area contributed by atoms with Crippen LogP contribution in [0.15, 0.2) is 60.7 Å². The number of ether oxygens (including phenoxy) is 1. The van der Waals surface area contributed by atoms with E-state index in [0.717, 1.165) is 18.4 Å². The molecule has 0 saturated heterocycles. The van der Waals surface area contributed by atoms with Crippen LogP contribution in [0.25, 0.3) is 6.08 Å². The summed E-state index contributed by atoms with van der Waals surface area (Å²) in [7, 11) is 0. The fourth-order valence-corrected chi connectivity index (χ4v) is 3.72. The molecule has 0 spiro atoms. The van der Waals surface area contributed by atoms with Crippen molar-refractivity contribution in [3.05, 3.63) is 77.4 Å². The van der Waals surface area contributed by atoms with Gasteiger partial charge in [0.2, 0.25) is 0 Å². The van der Waals surface area contributed by atoms with Crippen LogP contribution in [0.5, 0.6) is 0 Å². The normalized spacial score (nSPS) is 10.9. The molecule has 0 aromatic heterocycles. The number of nitrogens with one attached hydrogen (secondary N) is 1. The van der Waals surface area contributed by atoms with Gasteiger partial charge in [-0.3, -0.25) is 4.79 Å². The average Bonchev–Trinajstić information content (AvgIpc) is 2.85. The van der Waals surface area contributed by atoms with Gasteiger partial charge < -0.3 is 10.1 Å². The lowest BCUT2D eigenvalue weighted by Crippen LogP contribution is -2.26. The van der Waals surface area contributed by atoms with Gasteiger partial charge in [-0.1, -0.05) is 113 Å². The number of amides is 1. The van der Waals surface area contributed by atoms with Gasteiger partial charge in [0.05, 0.1) is 11.1 Å². The highest BCUT2D eigenvalue weighted by atomic mass is 16.5. The molecule has 0 aliphatic rings. The van der Waals surface area contributed by atoms with E-state index in [1.54, 1.807) is 30.3 Å². The van der Waals surface area contributed by atoms with E-state index in [1.807, 2.05) is 36.4 Å². The number of hydrogen-bond acceptors (Lipinski definition) is 3. The Morgan fingerprint density at radius 3 is 2.00 bits per heavy atom. The summed E-state index contributed by atoms with van der Waals surface area (Å²) < 4.78 is 5.35. The van der Waals surface area contributed by atoms with E-state index in [1.165, 1.54) is 51.4 Å². The van der Waals surface area contributed by atoms with Crippen molar-refractivity contribution in [3.8, 4) is 0 Å². The van der Waals surface area contributed by atoms with Crippen LogP contribution in [0.1, 0.15) is 97.4 Å². The van der Waals surface area contributed by atoms with Gasteiger partial charge in [-0.15, -0.1) is 0 Å². The third-order valence-corrected chi connectivity index (χ3v) is 5.63. The molecule has 0 aliphatic heterocycles. The van der Waals surface area contributed by atoms with E-state index in [-0.39, 0.29) is 12.5 Å². The minimum atomic E-state index is -0.489. The number of benzene rings is 2. The standard InChI is InChI=1S/C29H39NO3/c1-2-3-4-5-6-7-8-9-10-16-23-30-28(31)26-21-14-15-22-27(26)29(32)33-24-17-20-25-18-12-11-13-19-25/h11-15,17-22H,2-10,16,23-24H2,1H3,(H,30,31)/b20-17+. The summed E-state index contributed by atoms with van der Waals surface area (Å²) in [6.45, 7) is 3.02. The minimum absolute atomic E-state index is 0.155. The van der Waals surface area contributed by atoms with Crippen molar-refractivity contribution < 1.29 is 14.3 Å². The van der Waals surface area contributed by atoms with E-state index in [4.69, 9.17) is 4.74 Å². The van der Waals surface area contributed by atoms with E-state index < -0.39 is 5.97 Å². The zero-order valence-corrected chi connectivity index (χ0v) is 20.1. The van der Waals surface area contributed by atoms with Crippen LogP contribution in [-0.2, 0) is 4.74 Å². The third kappa shape index (κ3) is 11.0. The Balaban J connectivity index is 1.67. The molecule has 0 aliphatic carbocycles. The molecule has 33 heavy (non-hydrogen) atoms. The SMILES string of the molecule is CCCCCCCCCCCCNC(=O)c1ccccc1C(=O)OC/C=C/c1ccccc1. The summed E-state index contributed by atoms with van der Waals surface area (Å²) in [6.07, 6.45) is 16.3. The Hall–Kier alpha value is -2.88. The Bertz CT molecular complexity index is 845. The lowest BCUT2D eigenvalue weighted by atomic mass is 10.1. The first-order valence-corrected chi connectivity index (χ1v) is 12.5. The van der Waals surface area contributed by atoms with Gasteiger partial charge in [0, 0.05) is 6.54 Å². The highest BCUT2D eigenvalue weighted by molar-refractivity contribution is 6.05. The van der Waals surface area contributed by atoms with Gasteiger partial charge in [-0.05, 0) is 30.2 Å². The molecule has 4 nitrogen and oxygen atoms in total. The summed E-state index contributed by atoms with van der Waals surface area (Å²) in [6, 6.07) is 16.6. The molecule has 0 saturated carbocycles. The fraction of sp³-hybridized carbons (Fsp3) is 0.448. The summed E-state index contributed by atoms with van der Waals surface area (Å²) in [5.41, 5.74) is 1.70. The summed E-state index contributed by atoms with van der Waals surface area (Å²) in [5.74, 6) is -0.712. The first kappa shape index (κ1) is 26.4. The number of hydrogen-bond donors (Lipinski definition) is 1. The third-order valence-electron chi connectivity index (χ3n) is 5.63. The molecule has 2 aromatic carbocycles. The Morgan fingerprint density at radius 1 is 0.758 bits per heavy atom. The van der Waals surface area contributed by atoms with Crippen molar-refractivity contribution in [2.45, 2.75) is 71.1 Å². The van der Waals surface area contributed by atoms with Crippen molar-refractivity contribution >= 4 is 18.0 Å². The minimum Gasteiger partial charge on any atom is -0.458 e. The molecular formula is C29H39NO3. The summed E-state index contributed by atoms with van der Waals surface area (Å²) >= 11 is 0. The number of unbranched alkanes of at least 4 members (excludes halogenated alkanes) is 9. The largest absolute Gasteiger partial charge is 0.458 e. The average molecular weight is 450 g/mol. The van der Waals surface area contributed by atoms with E-state index in [0.29, 0.717) is 17.7 Å². The van der Waals surface area contributed by atoms with Crippen LogP contribution in [0, 0.1) is 0 Å². The van der Waals surface area contributed by atoms with Gasteiger partial charge in [0.15, 0.2) is 0 Å². The van der Waals surface area contributed by atoms with Crippen LogP contribution < -0.4 is 5.32 Å². The second-order valence-electron chi connectivity index (χ2n) is 8.39. The molecule has 2 aromatic rings. The summed E-state index contributed by atoms with van der Waals surface area (Å²) in [5, 5.41) is 2.95. The molecular weight excluding hydrogens is 410 g/mol. The predicted octanol–water partition coefficient (Wildman–Crippen LogP) is 7.21. The van der Waals surface area contributed by atoms with Gasteiger partial charge in [0.1, 0.15) is 6.61 Å². The van der Waals surface area contributed by atoms with Gasteiger partial charge in [0.25, 0.3) is 5.91 Å². The smallest absolute Gasteiger partial charge is 0.339 e. The highest BCUT2D eigenvalue weighted by Gasteiger charge is 2.17. The van der Waals surface area contributed by atoms with Crippen molar-refractivity contribution in [2.75, 3.05) is 13.2 Å². The van der Waals surface area contributed by atoms with E-state index >= 15 is 0 Å². The second-order valence-corrected chi connectivity index (χ2v) is 8.39. The van der Waals surface area contributed by atoms with Crippen molar-refractivity contribution in [3.63, 3.8) is 0 Å². The molecule has 0 fully saturated rings. The lowest BCUT2D eigenvalue weighted by Gasteiger charge is -2.10. The quantitative estimate of drug-likeness (QED) is 0.218. The lowest BCUT2D eigenvalue weighted by molar-refractivity contribution is 0.0546. The maximum Gasteiger partial charge on any atom is 0.339 e. The maximum atomic E-state index is 12.6. The van der Waals surface area contributed by atoms with Crippen LogP contribution in [-0.4, -0.2) is 25.0 Å². The Labute approximate surface area is 199 Å². The molecule has 0 radical (unpaired) electrons. The van der Waals surface area contributed by atoms with Crippen LogP contribution in [0.4, 0.5) is 0 Å². The first-order valence-electron chi connectivity index (χ1n) is 12.5. The van der Waals surface area contributed by atoms with Gasteiger partial charge in [-0.25, -0.2) is 4.79 Å². The molecule has 2 rings (SSSR count). The second kappa shape index (κ2) is 16.7. The van der Waals surface area contributed by atoms with Crippen molar-refractivity contribution in [2.24, 2.45) is 0 Å². The highest BCUT2D eigenvalue weighted by Crippen LogP contribution is 2.12. The van der Waals surface area contributed by atoms with E-state index in [9.17, 15) is 9.59 Å². The molecule has 0 atom stereocenters. The van der Waals surface area contributed by atoms with Crippen LogP contribution >= 0.6 is 0 Å². The van der Waals surface area contributed by atoms with Gasteiger partial charge >= 0.3 is 5.97 Å². The topological polar surface area (TPSA) is 55.4 Å². The zero-order chi connectivity index (χ0) is 23.6. The molecule has 1 N–H and O–H groups in total. The van der Waals surface area contributed by atoms with Crippen molar-refractivity contribution in [1.82, 2.24) is 5.32 Å². The molecule has 0 bridgehead atoms. The Kier molecular flexibility index (Phi) is 13.4. The number of esters is 1. The van der Waals surface area contributed by atoms with Gasteiger partial charge in [-0.2, -0.15) is 0 Å².